The fourth-order valence-corrected chi connectivity index (χ4v) is 2.70. The van der Waals surface area contributed by atoms with Crippen LogP contribution in [0.3, 0.4) is 0 Å². The highest BCUT2D eigenvalue weighted by atomic mass is 16.5. The molecule has 2 rings (SSSR count). The van der Waals surface area contributed by atoms with Crippen molar-refractivity contribution in [3.05, 3.63) is 35.9 Å². The molecule has 0 bridgehead atoms. The van der Waals surface area contributed by atoms with Gasteiger partial charge >= 0.3 is 0 Å². The maximum absolute atomic E-state index is 5.70. The number of guanidine groups is 1. The Morgan fingerprint density at radius 3 is 2.73 bits per heavy atom. The van der Waals surface area contributed by atoms with Crippen LogP contribution in [-0.4, -0.2) is 43.6 Å². The Morgan fingerprint density at radius 2 is 2.09 bits per heavy atom. The average Bonchev–Trinajstić information content (AvgIpc) is 2.87. The van der Waals surface area contributed by atoms with Crippen molar-refractivity contribution >= 4 is 5.96 Å². The SMILES string of the molecule is CCNC(=NCCOCc1ccccc1)N1CCC(C)(C)C1. The first-order valence-electron chi connectivity index (χ1n) is 8.26. The molecule has 1 aromatic rings. The lowest BCUT2D eigenvalue weighted by Crippen LogP contribution is -2.41. The number of benzene rings is 1. The second-order valence-corrected chi connectivity index (χ2v) is 6.61. The average molecular weight is 303 g/mol. The normalized spacial score (nSPS) is 17.8. The molecule has 122 valence electrons. The lowest BCUT2D eigenvalue weighted by atomic mass is 9.93. The van der Waals surface area contributed by atoms with Gasteiger partial charge in [-0.25, -0.2) is 0 Å². The van der Waals surface area contributed by atoms with Gasteiger partial charge in [0.15, 0.2) is 5.96 Å². The van der Waals surface area contributed by atoms with Crippen molar-refractivity contribution in [1.29, 1.82) is 0 Å². The molecule has 0 atom stereocenters. The molecule has 0 amide bonds. The highest BCUT2D eigenvalue weighted by Crippen LogP contribution is 2.28. The molecule has 1 aliphatic heterocycles. The number of nitrogens with zero attached hydrogens (tertiary/aromatic N) is 2. The Hall–Kier alpha value is -1.55. The minimum absolute atomic E-state index is 0.389. The van der Waals surface area contributed by atoms with Crippen LogP contribution >= 0.6 is 0 Å². The standard InChI is InChI=1S/C18H29N3O/c1-4-19-17(21-12-10-18(2,3)15-21)20-11-13-22-14-16-8-6-5-7-9-16/h5-9H,4,10-15H2,1-3H3,(H,19,20). The summed E-state index contributed by atoms with van der Waals surface area (Å²) in [5, 5.41) is 3.39. The van der Waals surface area contributed by atoms with E-state index >= 15 is 0 Å². The summed E-state index contributed by atoms with van der Waals surface area (Å²) in [5.74, 6) is 1.02. The molecule has 0 aliphatic carbocycles. The number of nitrogens with one attached hydrogen (secondary N) is 1. The third-order valence-corrected chi connectivity index (χ3v) is 3.92. The maximum atomic E-state index is 5.70. The van der Waals surface area contributed by atoms with Crippen molar-refractivity contribution < 1.29 is 4.74 Å². The molecule has 1 N–H and O–H groups in total. The van der Waals surface area contributed by atoms with Gasteiger partial charge in [0.2, 0.25) is 0 Å². The van der Waals surface area contributed by atoms with Crippen LogP contribution in [0.25, 0.3) is 0 Å². The van der Waals surface area contributed by atoms with Crippen molar-refractivity contribution in [2.45, 2.75) is 33.8 Å². The Labute approximate surface area is 134 Å². The topological polar surface area (TPSA) is 36.9 Å². The molecule has 0 aromatic heterocycles. The van der Waals surface area contributed by atoms with Gasteiger partial charge in [0.05, 0.1) is 19.8 Å². The number of hydrogen-bond acceptors (Lipinski definition) is 2. The molecule has 22 heavy (non-hydrogen) atoms. The minimum atomic E-state index is 0.389. The van der Waals surface area contributed by atoms with Gasteiger partial charge in [0.1, 0.15) is 0 Å². The largest absolute Gasteiger partial charge is 0.375 e. The zero-order valence-corrected chi connectivity index (χ0v) is 14.1. The van der Waals surface area contributed by atoms with Crippen molar-refractivity contribution in [3.8, 4) is 0 Å². The molecule has 1 fully saturated rings. The number of hydrogen-bond donors (Lipinski definition) is 1. The van der Waals surface area contributed by atoms with Crippen molar-refractivity contribution in [3.63, 3.8) is 0 Å². The molecule has 1 aliphatic rings. The lowest BCUT2D eigenvalue weighted by Gasteiger charge is -2.23. The number of likely N-dealkylation sites (tertiary alicyclic amines) is 1. The van der Waals surface area contributed by atoms with Crippen LogP contribution in [-0.2, 0) is 11.3 Å². The third-order valence-electron chi connectivity index (χ3n) is 3.92. The summed E-state index contributed by atoms with van der Waals surface area (Å²) in [4.78, 5) is 7.06. The van der Waals surface area contributed by atoms with Gasteiger partial charge in [-0.2, -0.15) is 0 Å². The molecule has 0 spiro atoms. The Balaban J connectivity index is 1.76. The first-order valence-corrected chi connectivity index (χ1v) is 8.26. The molecule has 0 unspecified atom stereocenters. The second kappa shape index (κ2) is 8.18. The van der Waals surface area contributed by atoms with Gasteiger partial charge in [-0.1, -0.05) is 44.2 Å². The summed E-state index contributed by atoms with van der Waals surface area (Å²) in [5.41, 5.74) is 1.60. The third kappa shape index (κ3) is 5.34. The molecular weight excluding hydrogens is 274 g/mol. The number of aliphatic imine (C=N–C) groups is 1. The van der Waals surface area contributed by atoms with Gasteiger partial charge in [-0.05, 0) is 24.3 Å². The van der Waals surface area contributed by atoms with Crippen molar-refractivity contribution in [2.24, 2.45) is 10.4 Å². The van der Waals surface area contributed by atoms with E-state index in [2.05, 4.69) is 43.1 Å². The van der Waals surface area contributed by atoms with E-state index in [1.165, 1.54) is 12.0 Å². The molecule has 4 heteroatoms. The van der Waals surface area contributed by atoms with E-state index in [-0.39, 0.29) is 0 Å². The molecule has 4 nitrogen and oxygen atoms in total. The first kappa shape index (κ1) is 16.8. The van der Waals surface area contributed by atoms with Gasteiger partial charge in [-0.3, -0.25) is 4.99 Å². The smallest absolute Gasteiger partial charge is 0.194 e. The van der Waals surface area contributed by atoms with Crippen LogP contribution in [0.5, 0.6) is 0 Å². The predicted octanol–water partition coefficient (Wildman–Crippen LogP) is 2.90. The Morgan fingerprint density at radius 1 is 1.32 bits per heavy atom. The number of rotatable bonds is 6. The molecule has 1 aromatic carbocycles. The van der Waals surface area contributed by atoms with Crippen LogP contribution in [0, 0.1) is 5.41 Å². The summed E-state index contributed by atoms with van der Waals surface area (Å²) in [6.07, 6.45) is 1.22. The summed E-state index contributed by atoms with van der Waals surface area (Å²) in [6.45, 7) is 11.8. The van der Waals surface area contributed by atoms with Crippen LogP contribution in [0.15, 0.2) is 35.3 Å². The van der Waals surface area contributed by atoms with Gasteiger partial charge < -0.3 is 15.0 Å². The van der Waals surface area contributed by atoms with Crippen molar-refractivity contribution in [1.82, 2.24) is 10.2 Å². The van der Waals surface area contributed by atoms with Crippen molar-refractivity contribution in [2.75, 3.05) is 32.8 Å². The first-order chi connectivity index (χ1) is 10.6. The van der Waals surface area contributed by atoms with E-state index < -0.39 is 0 Å². The predicted molar refractivity (Wildman–Crippen MR) is 92.0 cm³/mol. The summed E-state index contributed by atoms with van der Waals surface area (Å²) in [7, 11) is 0. The fourth-order valence-electron chi connectivity index (χ4n) is 2.70. The molecule has 1 saturated heterocycles. The van der Waals surface area contributed by atoms with E-state index in [0.717, 1.165) is 25.6 Å². The quantitative estimate of drug-likeness (QED) is 0.499. The molecule has 0 radical (unpaired) electrons. The summed E-state index contributed by atoms with van der Waals surface area (Å²) >= 11 is 0. The summed E-state index contributed by atoms with van der Waals surface area (Å²) < 4.78 is 5.70. The van der Waals surface area contributed by atoms with E-state index in [1.54, 1.807) is 0 Å². The number of ether oxygens (including phenoxy) is 1. The minimum Gasteiger partial charge on any atom is -0.375 e. The molecular formula is C18H29N3O. The lowest BCUT2D eigenvalue weighted by molar-refractivity contribution is 0.128. The van der Waals surface area contributed by atoms with Gasteiger partial charge in [0, 0.05) is 19.6 Å². The van der Waals surface area contributed by atoms with Gasteiger partial charge in [0.25, 0.3) is 0 Å². The zero-order valence-electron chi connectivity index (χ0n) is 14.1. The summed E-state index contributed by atoms with van der Waals surface area (Å²) in [6, 6.07) is 10.3. The highest BCUT2D eigenvalue weighted by molar-refractivity contribution is 5.80. The monoisotopic (exact) mass is 303 g/mol. The van der Waals surface area contributed by atoms with Crippen LogP contribution in [0.4, 0.5) is 0 Å². The van der Waals surface area contributed by atoms with Crippen LogP contribution in [0.2, 0.25) is 0 Å². The van der Waals surface area contributed by atoms with E-state index in [9.17, 15) is 0 Å². The van der Waals surface area contributed by atoms with Gasteiger partial charge in [-0.15, -0.1) is 0 Å². The second-order valence-electron chi connectivity index (χ2n) is 6.61. The maximum Gasteiger partial charge on any atom is 0.194 e. The van der Waals surface area contributed by atoms with E-state index in [0.29, 0.717) is 25.2 Å². The molecule has 0 saturated carbocycles. The van der Waals surface area contributed by atoms with E-state index in [1.807, 2.05) is 18.2 Å². The van der Waals surface area contributed by atoms with Crippen LogP contribution < -0.4 is 5.32 Å². The van der Waals surface area contributed by atoms with Crippen LogP contribution in [0.1, 0.15) is 32.8 Å². The van der Waals surface area contributed by atoms with E-state index in [4.69, 9.17) is 9.73 Å². The zero-order chi connectivity index (χ0) is 15.8. The fraction of sp³-hybridized carbons (Fsp3) is 0.611. The Kier molecular flexibility index (Phi) is 6.25. The Bertz CT molecular complexity index is 470. The highest BCUT2D eigenvalue weighted by Gasteiger charge is 2.30. The molecule has 1 heterocycles.